The van der Waals surface area contributed by atoms with Gasteiger partial charge in [0.2, 0.25) is 0 Å². The number of halogens is 3. The van der Waals surface area contributed by atoms with Crippen LogP contribution in [0.2, 0.25) is 0 Å². The van der Waals surface area contributed by atoms with Gasteiger partial charge in [-0.15, -0.1) is 0 Å². The molecular formula is C34H39F3O. The van der Waals surface area contributed by atoms with Crippen molar-refractivity contribution in [1.29, 1.82) is 0 Å². The highest BCUT2D eigenvalue weighted by Gasteiger charge is 2.23. The smallest absolute Gasteiger partial charge is 0.167 e. The molecule has 1 aliphatic rings. The van der Waals surface area contributed by atoms with Gasteiger partial charge < -0.3 is 4.74 Å². The second-order valence-corrected chi connectivity index (χ2v) is 10.6. The van der Waals surface area contributed by atoms with Crippen LogP contribution >= 0.6 is 0 Å². The van der Waals surface area contributed by atoms with Crippen LogP contribution in [-0.4, -0.2) is 6.61 Å². The molecule has 0 aliphatic heterocycles. The van der Waals surface area contributed by atoms with Gasteiger partial charge in [-0.25, -0.2) is 13.2 Å². The summed E-state index contributed by atoms with van der Waals surface area (Å²) in [6.45, 7) is 4.78. The van der Waals surface area contributed by atoms with Crippen molar-refractivity contribution in [3.8, 4) is 16.9 Å². The molecule has 38 heavy (non-hydrogen) atoms. The van der Waals surface area contributed by atoms with Crippen LogP contribution in [-0.2, 0) is 0 Å². The van der Waals surface area contributed by atoms with Crippen molar-refractivity contribution in [2.75, 3.05) is 6.61 Å². The number of benzene rings is 3. The van der Waals surface area contributed by atoms with Crippen molar-refractivity contribution in [2.45, 2.75) is 77.6 Å². The molecular weight excluding hydrogens is 481 g/mol. The molecule has 3 aromatic carbocycles. The summed E-state index contributed by atoms with van der Waals surface area (Å²) in [7, 11) is 0. The average Bonchev–Trinajstić information content (AvgIpc) is 2.93. The van der Waals surface area contributed by atoms with Crippen molar-refractivity contribution in [3.63, 3.8) is 0 Å². The van der Waals surface area contributed by atoms with Crippen LogP contribution in [0.3, 0.4) is 0 Å². The quantitative estimate of drug-likeness (QED) is 0.229. The maximum Gasteiger partial charge on any atom is 0.167 e. The molecule has 4 heteroatoms. The highest BCUT2D eigenvalue weighted by atomic mass is 19.2. The second kappa shape index (κ2) is 13.7. The number of hydrogen-bond acceptors (Lipinski definition) is 1. The van der Waals surface area contributed by atoms with E-state index in [0.717, 1.165) is 49.7 Å². The van der Waals surface area contributed by atoms with Crippen LogP contribution in [0.25, 0.3) is 17.2 Å². The maximum atomic E-state index is 14.9. The summed E-state index contributed by atoms with van der Waals surface area (Å²) in [4.78, 5) is 0. The lowest BCUT2D eigenvalue weighted by atomic mass is 9.78. The molecule has 1 nitrogen and oxygen atoms in total. The zero-order chi connectivity index (χ0) is 26.9. The maximum absolute atomic E-state index is 14.9. The fourth-order valence-electron chi connectivity index (χ4n) is 5.34. The topological polar surface area (TPSA) is 9.23 Å². The Balaban J connectivity index is 1.30. The minimum atomic E-state index is -0.821. The molecule has 202 valence electrons. The number of aryl methyl sites for hydroxylation is 1. The van der Waals surface area contributed by atoms with Gasteiger partial charge in [-0.2, -0.15) is 0 Å². The van der Waals surface area contributed by atoms with Crippen LogP contribution in [0.15, 0.2) is 60.7 Å². The molecule has 0 saturated heterocycles. The van der Waals surface area contributed by atoms with Gasteiger partial charge in [0.15, 0.2) is 11.6 Å². The average molecular weight is 521 g/mol. The monoisotopic (exact) mass is 520 g/mol. The first-order chi connectivity index (χ1) is 18.5. The minimum Gasteiger partial charge on any atom is -0.493 e. The van der Waals surface area contributed by atoms with E-state index in [9.17, 15) is 13.2 Å². The zero-order valence-corrected chi connectivity index (χ0v) is 22.6. The largest absolute Gasteiger partial charge is 0.493 e. The summed E-state index contributed by atoms with van der Waals surface area (Å²) in [6, 6.07) is 15.9. The Kier molecular flexibility index (Phi) is 10.1. The Bertz CT molecular complexity index is 1210. The van der Waals surface area contributed by atoms with Crippen molar-refractivity contribution >= 4 is 6.08 Å². The molecule has 4 rings (SSSR count). The highest BCUT2D eigenvalue weighted by molar-refractivity contribution is 5.67. The number of ether oxygens (including phenoxy) is 1. The van der Waals surface area contributed by atoms with E-state index in [2.05, 4.69) is 6.92 Å². The van der Waals surface area contributed by atoms with Gasteiger partial charge in [0.25, 0.3) is 0 Å². The third-order valence-corrected chi connectivity index (χ3v) is 7.72. The van der Waals surface area contributed by atoms with Crippen molar-refractivity contribution in [2.24, 2.45) is 5.92 Å². The van der Waals surface area contributed by atoms with E-state index in [-0.39, 0.29) is 28.8 Å². The van der Waals surface area contributed by atoms with E-state index in [1.165, 1.54) is 25.3 Å². The molecule has 3 aromatic rings. The first-order valence-electron chi connectivity index (χ1n) is 14.1. The van der Waals surface area contributed by atoms with Gasteiger partial charge in [0.05, 0.1) is 6.61 Å². The van der Waals surface area contributed by atoms with E-state index in [1.54, 1.807) is 30.3 Å². The van der Waals surface area contributed by atoms with Crippen LogP contribution in [0.1, 0.15) is 87.3 Å². The summed E-state index contributed by atoms with van der Waals surface area (Å²) < 4.78 is 50.2. The third kappa shape index (κ3) is 7.30. The molecule has 0 atom stereocenters. The summed E-state index contributed by atoms with van der Waals surface area (Å²) in [5.41, 5.74) is 3.01. The first kappa shape index (κ1) is 28.0. The lowest BCUT2D eigenvalue weighted by Gasteiger charge is -2.27. The van der Waals surface area contributed by atoms with E-state index in [4.69, 9.17) is 4.74 Å². The minimum absolute atomic E-state index is 0.172. The lowest BCUT2D eigenvalue weighted by molar-refractivity contribution is 0.302. The molecule has 0 unspecified atom stereocenters. The van der Waals surface area contributed by atoms with Gasteiger partial charge in [-0.3, -0.25) is 0 Å². The SMILES string of the molecule is CCCCCCCOc1ccc(C2CCC(/C=C/c3ccc(-c4ccc(C)cc4)c(F)c3F)CC2)c(F)c1. The molecule has 0 bridgehead atoms. The molecule has 1 aliphatic carbocycles. The van der Waals surface area contributed by atoms with Crippen molar-refractivity contribution in [1.82, 2.24) is 0 Å². The molecule has 0 N–H and O–H groups in total. The summed E-state index contributed by atoms with van der Waals surface area (Å²) in [5, 5.41) is 0. The van der Waals surface area contributed by atoms with Crippen LogP contribution in [0, 0.1) is 30.3 Å². The molecule has 0 radical (unpaired) electrons. The van der Waals surface area contributed by atoms with E-state index >= 15 is 0 Å². The number of rotatable bonds is 11. The van der Waals surface area contributed by atoms with Gasteiger partial charge in [0, 0.05) is 17.2 Å². The van der Waals surface area contributed by atoms with Crippen LogP contribution in [0.4, 0.5) is 13.2 Å². The molecule has 0 spiro atoms. The van der Waals surface area contributed by atoms with Gasteiger partial charge in [0.1, 0.15) is 11.6 Å². The van der Waals surface area contributed by atoms with Gasteiger partial charge in [-0.1, -0.05) is 92.8 Å². The fraction of sp³-hybridized carbons (Fsp3) is 0.412. The standard InChI is InChI=1S/C34H39F3O/c1-3-4-5-6-7-22-38-29-19-21-30(32(35)23-29)26-15-10-25(11-16-26)12-17-28-18-20-31(34(37)33(28)36)27-13-8-24(2)9-14-27/h8-9,12-14,17-21,23,25-26H,3-7,10-11,15-16,22H2,1-2H3/b17-12+. The van der Waals surface area contributed by atoms with E-state index in [0.29, 0.717) is 17.9 Å². The van der Waals surface area contributed by atoms with Crippen molar-refractivity contribution in [3.05, 3.63) is 94.8 Å². The van der Waals surface area contributed by atoms with Gasteiger partial charge in [-0.05, 0) is 68.1 Å². The van der Waals surface area contributed by atoms with E-state index in [1.807, 2.05) is 37.3 Å². The molecule has 0 aromatic heterocycles. The number of allylic oxidation sites excluding steroid dienone is 1. The summed E-state index contributed by atoms with van der Waals surface area (Å²) in [6.07, 6.45) is 13.0. The molecule has 0 heterocycles. The Morgan fingerprint density at radius 1 is 0.816 bits per heavy atom. The normalized spacial score (nSPS) is 17.7. The number of unbranched alkanes of at least 4 members (excludes halogenated alkanes) is 4. The summed E-state index contributed by atoms with van der Waals surface area (Å²) >= 11 is 0. The predicted molar refractivity (Wildman–Crippen MR) is 151 cm³/mol. The Labute approximate surface area is 225 Å². The lowest BCUT2D eigenvalue weighted by Crippen LogP contribution is -2.13. The number of hydrogen-bond donors (Lipinski definition) is 0. The Hall–Kier alpha value is -3.01. The van der Waals surface area contributed by atoms with Gasteiger partial charge >= 0.3 is 0 Å². The molecule has 0 amide bonds. The van der Waals surface area contributed by atoms with Crippen LogP contribution in [0.5, 0.6) is 5.75 Å². The second-order valence-electron chi connectivity index (χ2n) is 10.6. The highest BCUT2D eigenvalue weighted by Crippen LogP contribution is 2.38. The molecule has 1 saturated carbocycles. The summed E-state index contributed by atoms with van der Waals surface area (Å²) in [5.74, 6) is -0.799. The molecule has 1 fully saturated rings. The zero-order valence-electron chi connectivity index (χ0n) is 22.6. The van der Waals surface area contributed by atoms with Crippen molar-refractivity contribution < 1.29 is 17.9 Å². The fourth-order valence-corrected chi connectivity index (χ4v) is 5.34. The Morgan fingerprint density at radius 3 is 2.26 bits per heavy atom. The van der Waals surface area contributed by atoms with Crippen LogP contribution < -0.4 is 4.74 Å². The Morgan fingerprint density at radius 2 is 1.55 bits per heavy atom. The van der Waals surface area contributed by atoms with E-state index < -0.39 is 11.6 Å². The third-order valence-electron chi connectivity index (χ3n) is 7.72. The predicted octanol–water partition coefficient (Wildman–Crippen LogP) is 10.4. The first-order valence-corrected chi connectivity index (χ1v) is 14.1.